The average Bonchev–Trinajstić information content (AvgIpc) is 3.11. The van der Waals surface area contributed by atoms with E-state index in [1.54, 1.807) is 4.90 Å². The van der Waals surface area contributed by atoms with E-state index in [4.69, 9.17) is 9.84 Å². The molecule has 1 unspecified atom stereocenters. The first-order valence-electron chi connectivity index (χ1n) is 11.8. The van der Waals surface area contributed by atoms with Gasteiger partial charge >= 0.3 is 12.1 Å². The van der Waals surface area contributed by atoms with Gasteiger partial charge in [0, 0.05) is 25.0 Å². The summed E-state index contributed by atoms with van der Waals surface area (Å²) in [7, 11) is 0. The molecule has 2 aromatic carbocycles. The zero-order chi connectivity index (χ0) is 24.8. The van der Waals surface area contributed by atoms with Gasteiger partial charge in [-0.2, -0.15) is 0 Å². The van der Waals surface area contributed by atoms with Crippen molar-refractivity contribution in [2.45, 2.75) is 46.1 Å². The smallest absolute Gasteiger partial charge is 0.407 e. The molecule has 2 N–H and O–H groups in total. The second-order valence-electron chi connectivity index (χ2n) is 9.33. The Morgan fingerprint density at radius 3 is 2.03 bits per heavy atom. The van der Waals surface area contributed by atoms with Crippen molar-refractivity contribution in [1.29, 1.82) is 0 Å². The van der Waals surface area contributed by atoms with Gasteiger partial charge < -0.3 is 20.1 Å². The number of fused-ring (bicyclic) bond motifs is 3. The first-order chi connectivity index (χ1) is 16.2. The molecule has 2 amide bonds. The summed E-state index contributed by atoms with van der Waals surface area (Å²) in [6, 6.07) is 16.1. The predicted molar refractivity (Wildman–Crippen MR) is 131 cm³/mol. The molecule has 3 rings (SSSR count). The largest absolute Gasteiger partial charge is 0.481 e. The molecule has 0 aliphatic heterocycles. The number of aliphatic carboxylic acids is 1. The summed E-state index contributed by atoms with van der Waals surface area (Å²) in [5.74, 6) is -1.65. The lowest BCUT2D eigenvalue weighted by molar-refractivity contribution is -0.141. The highest BCUT2D eigenvalue weighted by molar-refractivity contribution is 5.81. The minimum atomic E-state index is -0.948. The Bertz CT molecular complexity index is 988. The van der Waals surface area contributed by atoms with Crippen LogP contribution in [0.15, 0.2) is 48.5 Å². The number of carbonyl (C=O) groups excluding carboxylic acids is 2. The van der Waals surface area contributed by atoms with E-state index in [0.29, 0.717) is 0 Å². The second-order valence-corrected chi connectivity index (χ2v) is 9.33. The Kier molecular flexibility index (Phi) is 8.31. The third kappa shape index (κ3) is 5.76. The SMILES string of the molecule is CC(C)C(CNC(=O)OCC1c2ccccc2-c2ccccc21)C(=O)N(CCC(=O)O)C(C)C. The molecule has 0 radical (unpaired) electrons. The molecule has 7 heteroatoms. The molecular weight excluding hydrogens is 432 g/mol. The van der Waals surface area contributed by atoms with Crippen LogP contribution in [-0.4, -0.2) is 53.7 Å². The van der Waals surface area contributed by atoms with E-state index in [2.05, 4.69) is 29.6 Å². The summed E-state index contributed by atoms with van der Waals surface area (Å²) >= 11 is 0. The average molecular weight is 467 g/mol. The van der Waals surface area contributed by atoms with Crippen LogP contribution < -0.4 is 5.32 Å². The number of carboxylic acid groups (broad SMARTS) is 1. The number of amides is 2. The molecule has 7 nitrogen and oxygen atoms in total. The maximum Gasteiger partial charge on any atom is 0.407 e. The molecule has 1 atom stereocenters. The van der Waals surface area contributed by atoms with Crippen LogP contribution in [0, 0.1) is 11.8 Å². The van der Waals surface area contributed by atoms with Gasteiger partial charge in [-0.15, -0.1) is 0 Å². The van der Waals surface area contributed by atoms with Gasteiger partial charge in [0.25, 0.3) is 0 Å². The van der Waals surface area contributed by atoms with Crippen molar-refractivity contribution in [2.24, 2.45) is 11.8 Å². The van der Waals surface area contributed by atoms with Gasteiger partial charge in [-0.25, -0.2) is 4.79 Å². The number of ether oxygens (including phenoxy) is 1. The third-order valence-corrected chi connectivity index (χ3v) is 6.40. The molecule has 1 aliphatic rings. The molecule has 0 fully saturated rings. The summed E-state index contributed by atoms with van der Waals surface area (Å²) in [6.07, 6.45) is -0.684. The van der Waals surface area contributed by atoms with Crippen LogP contribution in [0.5, 0.6) is 0 Å². The van der Waals surface area contributed by atoms with E-state index in [1.807, 2.05) is 52.0 Å². The summed E-state index contributed by atoms with van der Waals surface area (Å²) < 4.78 is 5.58. The van der Waals surface area contributed by atoms with Crippen LogP contribution in [-0.2, 0) is 14.3 Å². The number of carbonyl (C=O) groups is 3. The number of nitrogens with zero attached hydrogens (tertiary/aromatic N) is 1. The van der Waals surface area contributed by atoms with Gasteiger partial charge in [0.2, 0.25) is 5.91 Å². The maximum atomic E-state index is 13.1. The highest BCUT2D eigenvalue weighted by atomic mass is 16.5. The standard InChI is InChI=1S/C27H34N2O5/c1-17(2)23(26(32)29(18(3)4)14-13-25(30)31)15-28-27(33)34-16-24-21-11-7-5-9-19(21)20-10-6-8-12-22(20)24/h5-12,17-18,23-24H,13-16H2,1-4H3,(H,28,33)(H,30,31). The van der Waals surface area contributed by atoms with Gasteiger partial charge in [0.1, 0.15) is 6.61 Å². The Hall–Kier alpha value is -3.35. The topological polar surface area (TPSA) is 95.9 Å². The van der Waals surface area contributed by atoms with Crippen LogP contribution >= 0.6 is 0 Å². The van der Waals surface area contributed by atoms with Crippen molar-refractivity contribution in [1.82, 2.24) is 10.2 Å². The first kappa shape index (κ1) is 25.3. The fourth-order valence-corrected chi connectivity index (χ4v) is 4.50. The number of benzene rings is 2. The van der Waals surface area contributed by atoms with E-state index in [-0.39, 0.29) is 49.9 Å². The van der Waals surface area contributed by atoms with E-state index in [0.717, 1.165) is 22.3 Å². The molecule has 0 aromatic heterocycles. The predicted octanol–water partition coefficient (Wildman–Crippen LogP) is 4.51. The van der Waals surface area contributed by atoms with Gasteiger partial charge in [-0.05, 0) is 42.0 Å². The maximum absolute atomic E-state index is 13.1. The fourth-order valence-electron chi connectivity index (χ4n) is 4.50. The lowest BCUT2D eigenvalue weighted by Crippen LogP contribution is -2.47. The number of hydrogen-bond acceptors (Lipinski definition) is 4. The molecular formula is C27H34N2O5. The molecule has 0 spiro atoms. The third-order valence-electron chi connectivity index (χ3n) is 6.40. The summed E-state index contributed by atoms with van der Waals surface area (Å²) in [6.45, 7) is 8.02. The van der Waals surface area contributed by atoms with Gasteiger partial charge in [0.05, 0.1) is 12.3 Å². The lowest BCUT2D eigenvalue weighted by Gasteiger charge is -2.32. The first-order valence-corrected chi connectivity index (χ1v) is 11.8. The Balaban J connectivity index is 1.61. The quantitative estimate of drug-likeness (QED) is 0.537. The number of rotatable bonds is 10. The van der Waals surface area contributed by atoms with Crippen LogP contribution in [0.1, 0.15) is 51.2 Å². The molecule has 0 saturated heterocycles. The number of hydrogen-bond donors (Lipinski definition) is 2. The molecule has 2 aromatic rings. The zero-order valence-corrected chi connectivity index (χ0v) is 20.3. The highest BCUT2D eigenvalue weighted by Crippen LogP contribution is 2.44. The van der Waals surface area contributed by atoms with Crippen LogP contribution in [0.4, 0.5) is 4.79 Å². The Morgan fingerprint density at radius 2 is 1.53 bits per heavy atom. The van der Waals surface area contributed by atoms with E-state index in [1.165, 1.54) is 0 Å². The highest BCUT2D eigenvalue weighted by Gasteiger charge is 2.31. The Labute approximate surface area is 201 Å². The second kappa shape index (κ2) is 11.2. The van der Waals surface area contributed by atoms with Gasteiger partial charge in [0.15, 0.2) is 0 Å². The van der Waals surface area contributed by atoms with E-state index >= 15 is 0 Å². The fraction of sp³-hybridized carbons (Fsp3) is 0.444. The lowest BCUT2D eigenvalue weighted by atomic mass is 9.93. The molecule has 182 valence electrons. The van der Waals surface area contributed by atoms with Crippen molar-refractivity contribution in [2.75, 3.05) is 19.7 Å². The van der Waals surface area contributed by atoms with Crippen LogP contribution in [0.25, 0.3) is 11.1 Å². The van der Waals surface area contributed by atoms with Crippen LogP contribution in [0.3, 0.4) is 0 Å². The van der Waals surface area contributed by atoms with Crippen molar-refractivity contribution < 1.29 is 24.2 Å². The molecule has 0 heterocycles. The monoisotopic (exact) mass is 466 g/mol. The molecule has 34 heavy (non-hydrogen) atoms. The summed E-state index contributed by atoms with van der Waals surface area (Å²) in [5, 5.41) is 11.8. The van der Waals surface area contributed by atoms with Gasteiger partial charge in [-0.3, -0.25) is 9.59 Å². The minimum Gasteiger partial charge on any atom is -0.481 e. The summed E-state index contributed by atoms with van der Waals surface area (Å²) in [5.41, 5.74) is 4.59. The normalized spacial score (nSPS) is 13.4. The van der Waals surface area contributed by atoms with Crippen molar-refractivity contribution >= 4 is 18.0 Å². The zero-order valence-electron chi connectivity index (χ0n) is 20.3. The van der Waals surface area contributed by atoms with Gasteiger partial charge in [-0.1, -0.05) is 62.4 Å². The van der Waals surface area contributed by atoms with Crippen LogP contribution in [0.2, 0.25) is 0 Å². The molecule has 0 bridgehead atoms. The minimum absolute atomic E-state index is 0.0341. The Morgan fingerprint density at radius 1 is 0.971 bits per heavy atom. The van der Waals surface area contributed by atoms with Crippen molar-refractivity contribution in [3.8, 4) is 11.1 Å². The van der Waals surface area contributed by atoms with E-state index in [9.17, 15) is 14.4 Å². The van der Waals surface area contributed by atoms with Crippen molar-refractivity contribution in [3.05, 3.63) is 59.7 Å². The number of alkyl carbamates (subject to hydrolysis) is 1. The molecule has 1 aliphatic carbocycles. The number of carboxylic acids is 1. The summed E-state index contributed by atoms with van der Waals surface area (Å²) in [4.78, 5) is 38.2. The number of nitrogens with one attached hydrogen (secondary N) is 1. The van der Waals surface area contributed by atoms with E-state index < -0.39 is 18.0 Å². The molecule has 0 saturated carbocycles. The van der Waals surface area contributed by atoms with Crippen molar-refractivity contribution in [3.63, 3.8) is 0 Å².